The third kappa shape index (κ3) is 4.14. The molecule has 1 amide bonds. The van der Waals surface area contributed by atoms with Crippen molar-refractivity contribution in [2.75, 3.05) is 38.5 Å². The molecule has 34 heavy (non-hydrogen) atoms. The molecule has 1 fully saturated rings. The van der Waals surface area contributed by atoms with Gasteiger partial charge in [0.15, 0.2) is 11.5 Å². The van der Waals surface area contributed by atoms with Crippen LogP contribution < -0.4 is 5.32 Å². The van der Waals surface area contributed by atoms with E-state index in [1.165, 1.54) is 0 Å². The summed E-state index contributed by atoms with van der Waals surface area (Å²) >= 11 is 3.62. The number of carbonyl (C=O) groups excluding carboxylic acids is 1. The fourth-order valence-electron chi connectivity index (χ4n) is 4.23. The number of aromatic nitrogens is 6. The Bertz CT molecular complexity index is 1350. The number of fused-ring (bicyclic) bond motifs is 3. The summed E-state index contributed by atoms with van der Waals surface area (Å²) in [6.07, 6.45) is 3.61. The Morgan fingerprint density at radius 2 is 1.88 bits per heavy atom. The first-order chi connectivity index (χ1) is 16.3. The van der Waals surface area contributed by atoms with Crippen LogP contribution in [0.3, 0.4) is 0 Å². The summed E-state index contributed by atoms with van der Waals surface area (Å²) in [6, 6.07) is 5.44. The molecule has 0 unspecified atom stereocenters. The normalized spacial score (nSPS) is 16.0. The highest BCUT2D eigenvalue weighted by atomic mass is 79.9. The molecule has 1 saturated heterocycles. The predicted molar refractivity (Wildman–Crippen MR) is 135 cm³/mol. The van der Waals surface area contributed by atoms with Crippen LogP contribution in [0, 0.1) is 5.92 Å². The van der Waals surface area contributed by atoms with Gasteiger partial charge in [0.1, 0.15) is 6.04 Å². The molecule has 10 nitrogen and oxygen atoms in total. The van der Waals surface area contributed by atoms with Gasteiger partial charge >= 0.3 is 0 Å². The van der Waals surface area contributed by atoms with E-state index < -0.39 is 6.04 Å². The Morgan fingerprint density at radius 1 is 1.12 bits per heavy atom. The zero-order valence-electron chi connectivity index (χ0n) is 19.7. The van der Waals surface area contributed by atoms with Crippen molar-refractivity contribution in [2.24, 2.45) is 13.0 Å². The quantitative estimate of drug-likeness (QED) is 0.427. The van der Waals surface area contributed by atoms with E-state index in [1.807, 2.05) is 50.2 Å². The molecule has 4 heterocycles. The molecule has 0 spiro atoms. The van der Waals surface area contributed by atoms with Crippen LogP contribution >= 0.6 is 15.9 Å². The van der Waals surface area contributed by atoms with Crippen molar-refractivity contribution in [2.45, 2.75) is 19.9 Å². The van der Waals surface area contributed by atoms with Gasteiger partial charge in [-0.2, -0.15) is 9.61 Å². The highest BCUT2D eigenvalue weighted by Gasteiger charge is 2.30. The van der Waals surface area contributed by atoms with Gasteiger partial charge in [0.05, 0.1) is 17.3 Å². The van der Waals surface area contributed by atoms with Crippen LogP contribution in [-0.2, 0) is 11.8 Å². The Kier molecular flexibility index (Phi) is 5.98. The van der Waals surface area contributed by atoms with E-state index in [-0.39, 0.29) is 11.8 Å². The van der Waals surface area contributed by atoms with E-state index in [2.05, 4.69) is 38.3 Å². The van der Waals surface area contributed by atoms with Gasteiger partial charge in [0.25, 0.3) is 0 Å². The van der Waals surface area contributed by atoms with E-state index in [0.29, 0.717) is 17.4 Å². The summed E-state index contributed by atoms with van der Waals surface area (Å²) < 4.78 is 4.27. The molecular formula is C23H28BrN9O. The van der Waals surface area contributed by atoms with Crippen LogP contribution in [0.1, 0.15) is 13.8 Å². The van der Waals surface area contributed by atoms with E-state index in [0.717, 1.165) is 47.1 Å². The van der Waals surface area contributed by atoms with Crippen molar-refractivity contribution in [1.82, 2.24) is 39.2 Å². The summed E-state index contributed by atoms with van der Waals surface area (Å²) in [7, 11) is 3.94. The first kappa shape index (κ1) is 22.7. The predicted octanol–water partition coefficient (Wildman–Crippen LogP) is 2.65. The minimum absolute atomic E-state index is 0.0558. The topological polar surface area (TPSA) is 96.5 Å². The fraction of sp³-hybridized carbons (Fsp3) is 0.435. The van der Waals surface area contributed by atoms with Crippen molar-refractivity contribution in [3.63, 3.8) is 0 Å². The van der Waals surface area contributed by atoms with Crippen LogP contribution in [-0.4, -0.2) is 84.3 Å². The standard InChI is InChI=1S/C23H28BrN9O/c1-14(2)18(22(34)32-10-8-30(3)9-11-32)26-23-27-19-16(6-5-7-17(19)24)21-28-20(29-33(21)23)15-12-25-31(4)13-15/h5-7,12-14,18H,8-11H2,1-4H3,(H,26,27)/t18-/m1/s1. The van der Waals surface area contributed by atoms with Gasteiger partial charge in [-0.25, -0.2) is 9.97 Å². The molecule has 0 aliphatic carbocycles. The van der Waals surface area contributed by atoms with E-state index in [1.54, 1.807) is 15.4 Å². The Hall–Kier alpha value is -3.05. The maximum atomic E-state index is 13.5. The number of nitrogens with one attached hydrogen (secondary N) is 1. The Labute approximate surface area is 206 Å². The van der Waals surface area contributed by atoms with Crippen LogP contribution in [0.2, 0.25) is 0 Å². The minimum atomic E-state index is -0.440. The molecule has 1 aromatic carbocycles. The van der Waals surface area contributed by atoms with Gasteiger partial charge in [-0.1, -0.05) is 19.9 Å². The van der Waals surface area contributed by atoms with E-state index in [9.17, 15) is 4.79 Å². The lowest BCUT2D eigenvalue weighted by molar-refractivity contribution is -0.134. The lowest BCUT2D eigenvalue weighted by atomic mass is 10.0. The third-order valence-electron chi connectivity index (χ3n) is 6.25. The number of aryl methyl sites for hydroxylation is 1. The zero-order valence-corrected chi connectivity index (χ0v) is 21.3. The number of para-hydroxylation sites is 1. The highest BCUT2D eigenvalue weighted by molar-refractivity contribution is 9.10. The van der Waals surface area contributed by atoms with E-state index >= 15 is 0 Å². The molecule has 1 aliphatic rings. The molecule has 0 radical (unpaired) electrons. The molecule has 5 rings (SSSR count). The average Bonchev–Trinajstić information content (AvgIpc) is 3.44. The number of anilines is 1. The molecule has 11 heteroatoms. The number of hydrogen-bond acceptors (Lipinski definition) is 7. The van der Waals surface area contributed by atoms with Crippen LogP contribution in [0.5, 0.6) is 0 Å². The highest BCUT2D eigenvalue weighted by Crippen LogP contribution is 2.29. The summed E-state index contributed by atoms with van der Waals surface area (Å²) in [5.74, 6) is 1.17. The second-order valence-corrected chi connectivity index (χ2v) is 9.99. The van der Waals surface area contributed by atoms with Gasteiger partial charge in [0, 0.05) is 49.3 Å². The van der Waals surface area contributed by atoms with Gasteiger partial charge in [0.2, 0.25) is 11.9 Å². The SMILES string of the molecule is CC(C)[C@@H](Nc1nc2c(Br)cccc2c2nc(-c3cnn(C)c3)nn12)C(=O)N1CCN(C)CC1. The van der Waals surface area contributed by atoms with Crippen LogP contribution in [0.4, 0.5) is 5.95 Å². The second kappa shape index (κ2) is 8.95. The second-order valence-electron chi connectivity index (χ2n) is 9.14. The zero-order chi connectivity index (χ0) is 24.0. The van der Waals surface area contributed by atoms with Gasteiger partial charge in [-0.05, 0) is 41.0 Å². The lowest BCUT2D eigenvalue weighted by Gasteiger charge is -2.35. The number of hydrogen-bond donors (Lipinski definition) is 1. The molecule has 0 saturated carbocycles. The number of benzene rings is 1. The van der Waals surface area contributed by atoms with Gasteiger partial charge in [-0.3, -0.25) is 9.48 Å². The maximum Gasteiger partial charge on any atom is 0.245 e. The number of piperazine rings is 1. The first-order valence-corrected chi connectivity index (χ1v) is 12.2. The van der Waals surface area contributed by atoms with Gasteiger partial charge in [-0.15, -0.1) is 5.10 Å². The van der Waals surface area contributed by atoms with Crippen LogP contribution in [0.25, 0.3) is 27.9 Å². The molecule has 3 aromatic heterocycles. The number of rotatable bonds is 5. The number of carbonyl (C=O) groups is 1. The van der Waals surface area contributed by atoms with E-state index in [4.69, 9.17) is 15.1 Å². The van der Waals surface area contributed by atoms with Crippen molar-refractivity contribution >= 4 is 44.3 Å². The summed E-state index contributed by atoms with van der Waals surface area (Å²) in [5.41, 5.74) is 2.24. The Balaban J connectivity index is 1.60. The van der Waals surface area contributed by atoms with Gasteiger partial charge < -0.3 is 15.1 Å². The van der Waals surface area contributed by atoms with Crippen molar-refractivity contribution in [3.8, 4) is 11.4 Å². The monoisotopic (exact) mass is 525 g/mol. The summed E-state index contributed by atoms with van der Waals surface area (Å²) in [6.45, 7) is 7.28. The summed E-state index contributed by atoms with van der Waals surface area (Å²) in [5, 5.41) is 13.3. The molecule has 1 N–H and O–H groups in total. The number of amides is 1. The largest absolute Gasteiger partial charge is 0.342 e. The molecule has 4 aromatic rings. The van der Waals surface area contributed by atoms with Crippen molar-refractivity contribution in [1.29, 1.82) is 0 Å². The van der Waals surface area contributed by atoms with Crippen molar-refractivity contribution in [3.05, 3.63) is 35.1 Å². The molecule has 0 bridgehead atoms. The molecule has 178 valence electrons. The Morgan fingerprint density at radius 3 is 2.56 bits per heavy atom. The smallest absolute Gasteiger partial charge is 0.245 e. The molecule has 1 atom stereocenters. The average molecular weight is 526 g/mol. The minimum Gasteiger partial charge on any atom is -0.342 e. The maximum absolute atomic E-state index is 13.5. The number of nitrogens with zero attached hydrogens (tertiary/aromatic N) is 8. The molecule has 1 aliphatic heterocycles. The fourth-order valence-corrected chi connectivity index (χ4v) is 4.68. The third-order valence-corrected chi connectivity index (χ3v) is 6.89. The number of likely N-dealkylation sites (N-methyl/N-ethyl adjacent to an activating group) is 1. The number of halogens is 1. The lowest BCUT2D eigenvalue weighted by Crippen LogP contribution is -2.53. The molecular weight excluding hydrogens is 498 g/mol. The summed E-state index contributed by atoms with van der Waals surface area (Å²) in [4.78, 5) is 27.4. The van der Waals surface area contributed by atoms with Crippen molar-refractivity contribution < 1.29 is 4.79 Å². The first-order valence-electron chi connectivity index (χ1n) is 11.4. The van der Waals surface area contributed by atoms with Crippen LogP contribution in [0.15, 0.2) is 35.1 Å².